The lowest BCUT2D eigenvalue weighted by Gasteiger charge is -2.35. The van der Waals surface area contributed by atoms with E-state index in [0.717, 1.165) is 48.7 Å². The third-order valence-electron chi connectivity index (χ3n) is 6.54. The normalized spacial score (nSPS) is 22.0. The number of methoxy groups -OCH3 is 2. The van der Waals surface area contributed by atoms with Gasteiger partial charge in [0, 0.05) is 25.2 Å². The Morgan fingerprint density at radius 3 is 2.00 bits per heavy atom. The lowest BCUT2D eigenvalue weighted by molar-refractivity contribution is -0.137. The highest BCUT2D eigenvalue weighted by atomic mass is 16.5. The van der Waals surface area contributed by atoms with Gasteiger partial charge in [-0.2, -0.15) is 0 Å². The molecule has 31 heavy (non-hydrogen) atoms. The number of ether oxygens (including phenoxy) is 2. The molecule has 6 nitrogen and oxygen atoms in total. The van der Waals surface area contributed by atoms with Crippen molar-refractivity contribution in [1.82, 2.24) is 4.90 Å². The number of carbonyl (C=O) groups excluding carboxylic acids is 2. The number of hydrogen-bond acceptors (Lipinski definition) is 4. The predicted octanol–water partition coefficient (Wildman–Crippen LogP) is 4.06. The number of amides is 2. The minimum Gasteiger partial charge on any atom is -0.497 e. The molecule has 0 N–H and O–H groups in total. The predicted molar refractivity (Wildman–Crippen MR) is 119 cm³/mol. The zero-order chi connectivity index (χ0) is 22.0. The molecule has 2 atom stereocenters. The number of anilines is 1. The Bertz CT molecular complexity index is 918. The average Bonchev–Trinajstić information content (AvgIpc) is 3.16. The van der Waals surface area contributed by atoms with E-state index in [2.05, 4.69) is 6.92 Å². The molecule has 0 radical (unpaired) electrons. The minimum absolute atomic E-state index is 0.0327. The third-order valence-corrected chi connectivity index (χ3v) is 6.54. The first kappa shape index (κ1) is 21.2. The maximum Gasteiger partial charge on any atom is 0.228 e. The Balaban J connectivity index is 1.69. The lowest BCUT2D eigenvalue weighted by atomic mass is 9.90. The van der Waals surface area contributed by atoms with Gasteiger partial charge in [0.25, 0.3) is 0 Å². The van der Waals surface area contributed by atoms with Crippen molar-refractivity contribution in [2.45, 2.75) is 32.2 Å². The second-order valence-electron chi connectivity index (χ2n) is 8.50. The van der Waals surface area contributed by atoms with Crippen molar-refractivity contribution >= 4 is 17.5 Å². The van der Waals surface area contributed by atoms with Crippen LogP contribution in [-0.2, 0) is 9.59 Å². The number of likely N-dealkylation sites (tertiary alicyclic amines) is 1. The summed E-state index contributed by atoms with van der Waals surface area (Å²) in [5, 5.41) is 0. The van der Waals surface area contributed by atoms with Crippen molar-refractivity contribution in [3.8, 4) is 11.5 Å². The Labute approximate surface area is 183 Å². The number of nitrogens with zero attached hydrogens (tertiary/aromatic N) is 2. The maximum absolute atomic E-state index is 13.5. The van der Waals surface area contributed by atoms with E-state index in [4.69, 9.17) is 9.47 Å². The van der Waals surface area contributed by atoms with E-state index in [-0.39, 0.29) is 24.3 Å². The molecule has 2 heterocycles. The monoisotopic (exact) mass is 422 g/mol. The number of rotatable bonds is 5. The SMILES string of the molecule is COc1ccc(C2C(C(=O)N3CCC(C)CC3)CC(=O)N2c2ccc(OC)cc2)cc1. The molecular weight excluding hydrogens is 392 g/mol. The summed E-state index contributed by atoms with van der Waals surface area (Å²) in [5.41, 5.74) is 1.71. The van der Waals surface area contributed by atoms with E-state index >= 15 is 0 Å². The van der Waals surface area contributed by atoms with Gasteiger partial charge in [0.05, 0.1) is 26.2 Å². The van der Waals surface area contributed by atoms with Crippen molar-refractivity contribution in [3.63, 3.8) is 0 Å². The first-order valence-corrected chi connectivity index (χ1v) is 10.9. The molecule has 0 saturated carbocycles. The molecule has 2 aliphatic rings. The second-order valence-corrected chi connectivity index (χ2v) is 8.50. The molecule has 6 heteroatoms. The molecule has 2 fully saturated rings. The van der Waals surface area contributed by atoms with Crippen molar-refractivity contribution in [2.24, 2.45) is 11.8 Å². The number of benzene rings is 2. The van der Waals surface area contributed by atoms with E-state index in [1.165, 1.54) is 0 Å². The molecule has 2 amide bonds. The van der Waals surface area contributed by atoms with Crippen LogP contribution in [0.15, 0.2) is 48.5 Å². The van der Waals surface area contributed by atoms with E-state index in [1.54, 1.807) is 19.1 Å². The van der Waals surface area contributed by atoms with Crippen LogP contribution in [0.25, 0.3) is 0 Å². The highest BCUT2D eigenvalue weighted by molar-refractivity contribution is 6.01. The largest absolute Gasteiger partial charge is 0.497 e. The highest BCUT2D eigenvalue weighted by Crippen LogP contribution is 2.43. The van der Waals surface area contributed by atoms with Gasteiger partial charge in [-0.15, -0.1) is 0 Å². The fourth-order valence-electron chi connectivity index (χ4n) is 4.65. The van der Waals surface area contributed by atoms with Crippen molar-refractivity contribution in [2.75, 3.05) is 32.2 Å². The molecule has 2 aromatic rings. The molecule has 0 aromatic heterocycles. The quantitative estimate of drug-likeness (QED) is 0.729. The van der Waals surface area contributed by atoms with Gasteiger partial charge in [0.15, 0.2) is 0 Å². The Morgan fingerprint density at radius 1 is 0.903 bits per heavy atom. The number of piperidine rings is 1. The smallest absolute Gasteiger partial charge is 0.228 e. The maximum atomic E-state index is 13.5. The summed E-state index contributed by atoms with van der Waals surface area (Å²) in [6, 6.07) is 14.8. The van der Waals surface area contributed by atoms with Gasteiger partial charge in [0.2, 0.25) is 11.8 Å². The van der Waals surface area contributed by atoms with E-state index in [1.807, 2.05) is 53.4 Å². The first-order chi connectivity index (χ1) is 15.0. The Kier molecular flexibility index (Phi) is 6.16. The number of hydrogen-bond donors (Lipinski definition) is 0. The zero-order valence-corrected chi connectivity index (χ0v) is 18.4. The summed E-state index contributed by atoms with van der Waals surface area (Å²) in [5.74, 6) is 1.76. The summed E-state index contributed by atoms with van der Waals surface area (Å²) in [6.07, 6.45) is 2.25. The fourth-order valence-corrected chi connectivity index (χ4v) is 4.65. The zero-order valence-electron chi connectivity index (χ0n) is 18.4. The minimum atomic E-state index is -0.406. The van der Waals surface area contributed by atoms with E-state index in [9.17, 15) is 9.59 Å². The summed E-state index contributed by atoms with van der Waals surface area (Å²) in [6.45, 7) is 3.76. The lowest BCUT2D eigenvalue weighted by Crippen LogP contribution is -2.43. The molecule has 2 aromatic carbocycles. The Hall–Kier alpha value is -3.02. The standard InChI is InChI=1S/C25H30N2O4/c1-17-12-14-26(15-13-17)25(29)22-16-23(28)27(19-6-10-21(31-3)11-7-19)24(22)18-4-8-20(30-2)9-5-18/h4-11,17,22,24H,12-16H2,1-3H3. The molecule has 0 spiro atoms. The highest BCUT2D eigenvalue weighted by Gasteiger charge is 2.46. The summed E-state index contributed by atoms with van der Waals surface area (Å²) >= 11 is 0. The number of carbonyl (C=O) groups is 2. The van der Waals surface area contributed by atoms with Gasteiger partial charge in [-0.25, -0.2) is 0 Å². The summed E-state index contributed by atoms with van der Waals surface area (Å²) in [4.78, 5) is 30.4. The molecule has 0 bridgehead atoms. The van der Waals surface area contributed by atoms with Crippen LogP contribution in [-0.4, -0.2) is 44.0 Å². The van der Waals surface area contributed by atoms with E-state index in [0.29, 0.717) is 5.92 Å². The van der Waals surface area contributed by atoms with Gasteiger partial charge in [-0.3, -0.25) is 9.59 Å². The molecular formula is C25H30N2O4. The average molecular weight is 423 g/mol. The fraction of sp³-hybridized carbons (Fsp3) is 0.440. The van der Waals surface area contributed by atoms with Crippen molar-refractivity contribution in [3.05, 3.63) is 54.1 Å². The van der Waals surface area contributed by atoms with Gasteiger partial charge >= 0.3 is 0 Å². The molecule has 2 unspecified atom stereocenters. The van der Waals surface area contributed by atoms with Crippen LogP contribution in [0.2, 0.25) is 0 Å². The van der Waals surface area contributed by atoms with E-state index < -0.39 is 5.92 Å². The van der Waals surface area contributed by atoms with Crippen LogP contribution in [0.1, 0.15) is 37.8 Å². The first-order valence-electron chi connectivity index (χ1n) is 10.9. The van der Waals surface area contributed by atoms with Gasteiger partial charge < -0.3 is 19.3 Å². The second kappa shape index (κ2) is 9.00. The van der Waals surface area contributed by atoms with Gasteiger partial charge in [-0.1, -0.05) is 19.1 Å². The molecule has 4 rings (SSSR count). The summed E-state index contributed by atoms with van der Waals surface area (Å²) < 4.78 is 10.6. The van der Waals surface area contributed by atoms with Gasteiger partial charge in [0.1, 0.15) is 11.5 Å². The molecule has 0 aliphatic carbocycles. The Morgan fingerprint density at radius 2 is 1.45 bits per heavy atom. The van der Waals surface area contributed by atoms with Crippen molar-refractivity contribution in [1.29, 1.82) is 0 Å². The molecule has 2 aliphatic heterocycles. The van der Waals surface area contributed by atoms with Crippen LogP contribution in [0, 0.1) is 11.8 Å². The van der Waals surface area contributed by atoms with Gasteiger partial charge in [-0.05, 0) is 60.7 Å². The third kappa shape index (κ3) is 4.24. The van der Waals surface area contributed by atoms with Crippen LogP contribution >= 0.6 is 0 Å². The summed E-state index contributed by atoms with van der Waals surface area (Å²) in [7, 11) is 3.24. The van der Waals surface area contributed by atoms with Crippen molar-refractivity contribution < 1.29 is 19.1 Å². The molecule has 2 saturated heterocycles. The topological polar surface area (TPSA) is 59.1 Å². The van der Waals surface area contributed by atoms with Crippen LogP contribution in [0.3, 0.4) is 0 Å². The van der Waals surface area contributed by atoms with Crippen LogP contribution in [0.4, 0.5) is 5.69 Å². The van der Waals surface area contributed by atoms with Crippen LogP contribution < -0.4 is 14.4 Å². The molecule has 164 valence electrons. The van der Waals surface area contributed by atoms with Crippen LogP contribution in [0.5, 0.6) is 11.5 Å².